The van der Waals surface area contributed by atoms with Gasteiger partial charge >= 0.3 is 5.97 Å². The predicted octanol–water partition coefficient (Wildman–Crippen LogP) is 2.64. The SMILES string of the molecule is C[C@@H](CC(=O)N1[C@@H]2C[C@H]3CC[C@]2(CS1(=O)=O)C3(C)C)C(Cl)(Cl)C(=O)O. The van der Waals surface area contributed by atoms with Gasteiger partial charge in [0.15, 0.2) is 0 Å². The predicted molar refractivity (Wildman–Crippen MR) is 93.8 cm³/mol. The van der Waals surface area contributed by atoms with E-state index in [1.165, 1.54) is 6.92 Å². The van der Waals surface area contributed by atoms with E-state index < -0.39 is 37.6 Å². The smallest absolute Gasteiger partial charge is 0.340 e. The number of halogens is 2. The Hall–Kier alpha value is -0.530. The Kier molecular flexibility index (Phi) is 4.22. The summed E-state index contributed by atoms with van der Waals surface area (Å²) >= 11 is 11.6. The van der Waals surface area contributed by atoms with Crippen molar-refractivity contribution in [3.8, 4) is 0 Å². The number of carboxylic acid groups (broad SMARTS) is 1. The Bertz CT molecular complexity index is 735. The lowest BCUT2D eigenvalue weighted by Gasteiger charge is -2.37. The van der Waals surface area contributed by atoms with Gasteiger partial charge in [-0.1, -0.05) is 44.0 Å². The van der Waals surface area contributed by atoms with Crippen LogP contribution >= 0.6 is 23.2 Å². The minimum absolute atomic E-state index is 0.0138. The molecule has 1 amide bonds. The van der Waals surface area contributed by atoms with Gasteiger partial charge in [-0.2, -0.15) is 0 Å². The van der Waals surface area contributed by atoms with Gasteiger partial charge in [0.2, 0.25) is 20.3 Å². The molecule has 3 fully saturated rings. The van der Waals surface area contributed by atoms with E-state index >= 15 is 0 Å². The fourth-order valence-corrected chi connectivity index (χ4v) is 8.02. The summed E-state index contributed by atoms with van der Waals surface area (Å²) in [5.41, 5.74) is -0.531. The first-order chi connectivity index (χ1) is 11.3. The molecule has 25 heavy (non-hydrogen) atoms. The van der Waals surface area contributed by atoms with Crippen LogP contribution in [0.15, 0.2) is 0 Å². The van der Waals surface area contributed by atoms with Gasteiger partial charge in [-0.25, -0.2) is 17.5 Å². The van der Waals surface area contributed by atoms with Gasteiger partial charge in [0, 0.05) is 17.8 Å². The molecule has 3 aliphatic rings. The van der Waals surface area contributed by atoms with Crippen LogP contribution in [-0.4, -0.2) is 45.8 Å². The van der Waals surface area contributed by atoms with Gasteiger partial charge in [0.05, 0.1) is 11.8 Å². The molecule has 1 aliphatic heterocycles. The van der Waals surface area contributed by atoms with Gasteiger partial charge < -0.3 is 5.11 Å². The molecule has 2 aliphatic carbocycles. The van der Waals surface area contributed by atoms with Crippen molar-refractivity contribution in [2.45, 2.75) is 56.8 Å². The number of fused-ring (bicyclic) bond motifs is 1. The molecule has 0 radical (unpaired) electrons. The summed E-state index contributed by atoms with van der Waals surface area (Å²) in [6.45, 7) is 5.64. The highest BCUT2D eigenvalue weighted by molar-refractivity contribution is 7.90. The lowest BCUT2D eigenvalue weighted by Crippen LogP contribution is -2.45. The van der Waals surface area contributed by atoms with Gasteiger partial charge in [0.25, 0.3) is 0 Å². The number of hydrogen-bond acceptors (Lipinski definition) is 4. The lowest BCUT2D eigenvalue weighted by molar-refractivity contribution is -0.139. The Balaban J connectivity index is 1.88. The van der Waals surface area contributed by atoms with Crippen LogP contribution in [0.4, 0.5) is 0 Å². The van der Waals surface area contributed by atoms with E-state index in [1.54, 1.807) is 0 Å². The van der Waals surface area contributed by atoms with E-state index in [9.17, 15) is 18.0 Å². The molecule has 2 saturated carbocycles. The number of hydrogen-bond donors (Lipinski definition) is 1. The van der Waals surface area contributed by atoms with E-state index in [2.05, 4.69) is 13.8 Å². The summed E-state index contributed by atoms with van der Waals surface area (Å²) in [7, 11) is -3.72. The van der Waals surface area contributed by atoms with Crippen molar-refractivity contribution in [3.63, 3.8) is 0 Å². The van der Waals surface area contributed by atoms with E-state index in [0.717, 1.165) is 17.1 Å². The molecule has 142 valence electrons. The lowest BCUT2D eigenvalue weighted by atomic mass is 9.69. The number of amides is 1. The van der Waals surface area contributed by atoms with E-state index in [0.29, 0.717) is 12.3 Å². The second-order valence-electron chi connectivity index (χ2n) is 8.34. The second-order valence-corrected chi connectivity index (χ2v) is 11.6. The summed E-state index contributed by atoms with van der Waals surface area (Å²) in [5.74, 6) is -2.58. The number of rotatable bonds is 4. The zero-order valence-corrected chi connectivity index (χ0v) is 16.8. The summed E-state index contributed by atoms with van der Waals surface area (Å²) in [6.07, 6.45) is 2.15. The third kappa shape index (κ3) is 2.45. The van der Waals surface area contributed by atoms with Crippen molar-refractivity contribution in [3.05, 3.63) is 0 Å². The Morgan fingerprint density at radius 3 is 2.48 bits per heavy atom. The molecule has 2 bridgehead atoms. The van der Waals surface area contributed by atoms with Gasteiger partial charge in [-0.15, -0.1) is 0 Å². The minimum Gasteiger partial charge on any atom is -0.479 e. The second kappa shape index (κ2) is 5.49. The number of carboxylic acids is 1. The van der Waals surface area contributed by atoms with Crippen LogP contribution in [-0.2, 0) is 19.6 Å². The maximum Gasteiger partial charge on any atom is 0.340 e. The Morgan fingerprint density at radius 2 is 1.96 bits per heavy atom. The molecule has 1 heterocycles. The first-order valence-electron chi connectivity index (χ1n) is 8.43. The Morgan fingerprint density at radius 1 is 1.36 bits per heavy atom. The number of sulfonamides is 1. The average Bonchev–Trinajstić information content (AvgIpc) is 2.93. The maximum atomic E-state index is 12.8. The van der Waals surface area contributed by atoms with E-state index in [-0.39, 0.29) is 23.6 Å². The third-order valence-electron chi connectivity index (χ3n) is 7.04. The molecule has 1 N–H and O–H groups in total. The normalized spacial score (nSPS) is 36.3. The quantitative estimate of drug-likeness (QED) is 0.717. The van der Waals surface area contributed by atoms with E-state index in [4.69, 9.17) is 28.3 Å². The summed E-state index contributed by atoms with van der Waals surface area (Å²) in [6, 6.07) is -0.337. The first kappa shape index (κ1) is 19.2. The largest absolute Gasteiger partial charge is 0.479 e. The van der Waals surface area contributed by atoms with E-state index in [1.807, 2.05) is 0 Å². The van der Waals surface area contributed by atoms with Crippen molar-refractivity contribution in [1.82, 2.24) is 4.31 Å². The van der Waals surface area contributed by atoms with Crippen LogP contribution in [0.2, 0.25) is 0 Å². The maximum absolute atomic E-state index is 12.8. The minimum atomic E-state index is -3.72. The molecule has 1 saturated heterocycles. The number of alkyl halides is 2. The first-order valence-corrected chi connectivity index (χ1v) is 10.8. The fourth-order valence-electron chi connectivity index (χ4n) is 5.31. The van der Waals surface area contributed by atoms with Gasteiger partial charge in [-0.3, -0.25) is 4.79 Å². The highest BCUT2D eigenvalue weighted by Crippen LogP contribution is 2.70. The third-order valence-corrected chi connectivity index (χ3v) is 10.0. The molecule has 6 nitrogen and oxygen atoms in total. The summed E-state index contributed by atoms with van der Waals surface area (Å²) < 4.78 is 24.4. The van der Waals surface area contributed by atoms with Crippen LogP contribution < -0.4 is 0 Å². The molecule has 4 atom stereocenters. The van der Waals surface area contributed by atoms with Crippen molar-refractivity contribution in [2.75, 3.05) is 5.75 Å². The zero-order valence-electron chi connectivity index (χ0n) is 14.5. The molecular weight excluding hydrogens is 389 g/mol. The number of carbonyl (C=O) groups is 2. The highest BCUT2D eigenvalue weighted by Gasteiger charge is 2.72. The van der Waals surface area contributed by atoms with Crippen LogP contribution in [0.25, 0.3) is 0 Å². The van der Waals surface area contributed by atoms with Crippen LogP contribution in [0.5, 0.6) is 0 Å². The molecule has 0 aromatic heterocycles. The Labute approximate surface area is 157 Å². The number of aliphatic carboxylic acids is 1. The van der Waals surface area contributed by atoms with Gasteiger partial charge in [0.1, 0.15) is 0 Å². The van der Waals surface area contributed by atoms with Gasteiger partial charge in [-0.05, 0) is 30.6 Å². The monoisotopic (exact) mass is 411 g/mol. The summed E-state index contributed by atoms with van der Waals surface area (Å²) in [5, 5.41) is 9.09. The molecule has 0 aromatic carbocycles. The highest BCUT2D eigenvalue weighted by atomic mass is 35.5. The average molecular weight is 412 g/mol. The molecule has 0 unspecified atom stereocenters. The van der Waals surface area contributed by atoms with Crippen molar-refractivity contribution in [2.24, 2.45) is 22.7 Å². The molecule has 0 aromatic rings. The zero-order chi connectivity index (χ0) is 19.0. The van der Waals surface area contributed by atoms with Crippen molar-refractivity contribution >= 4 is 45.1 Å². The summed E-state index contributed by atoms with van der Waals surface area (Å²) in [4.78, 5) is 24.0. The topological polar surface area (TPSA) is 91.8 Å². The van der Waals surface area contributed by atoms with Crippen LogP contribution in [0.3, 0.4) is 0 Å². The van der Waals surface area contributed by atoms with Crippen molar-refractivity contribution in [1.29, 1.82) is 0 Å². The molecule has 3 rings (SSSR count). The fraction of sp³-hybridized carbons (Fsp3) is 0.875. The molecule has 9 heteroatoms. The number of carbonyl (C=O) groups excluding carboxylic acids is 1. The number of nitrogens with zero attached hydrogens (tertiary/aromatic N) is 1. The van der Waals surface area contributed by atoms with Crippen molar-refractivity contribution < 1.29 is 23.1 Å². The van der Waals surface area contributed by atoms with Crippen LogP contribution in [0, 0.1) is 22.7 Å². The molecular formula is C16H23Cl2NO5S. The van der Waals surface area contributed by atoms with Crippen LogP contribution in [0.1, 0.15) is 46.5 Å². The standard InChI is InChI=1S/C16H23Cl2NO5S/c1-9(16(17,18)13(21)22)6-12(20)19-11-7-10-4-5-15(11,14(10,2)3)8-25(19,23)24/h9-11H,4-8H2,1-3H3,(H,21,22)/t9-,10+,11+,15+/m0/s1. The molecule has 1 spiro atoms.